The predicted molar refractivity (Wildman–Crippen MR) is 85.2 cm³/mol. The Balaban J connectivity index is 1.80. The van der Waals surface area contributed by atoms with E-state index in [1.54, 1.807) is 11.8 Å². The number of carboxylic acid groups (broad SMARTS) is 1. The second-order valence-corrected chi connectivity index (χ2v) is 6.00. The highest BCUT2D eigenvalue weighted by molar-refractivity contribution is 5.84. The standard InChI is InChI=1S/C17H20N2O4/c1-11-7-13-5-3-4-6-14(13)19(11)10-16(20)18-8-12(2)23-15(9-18)17(21)22/h3-7,12,15H,8-10H2,1-2H3,(H,21,22)/t12-,15?/m1/s1. The summed E-state index contributed by atoms with van der Waals surface area (Å²) in [5.74, 6) is -1.12. The summed E-state index contributed by atoms with van der Waals surface area (Å²) in [7, 11) is 0. The molecule has 1 amide bonds. The van der Waals surface area contributed by atoms with Crippen LogP contribution in [0.15, 0.2) is 30.3 Å². The number of benzene rings is 1. The first-order valence-electron chi connectivity index (χ1n) is 7.66. The van der Waals surface area contributed by atoms with Gasteiger partial charge in [0.1, 0.15) is 6.54 Å². The van der Waals surface area contributed by atoms with Gasteiger partial charge in [-0.15, -0.1) is 0 Å². The van der Waals surface area contributed by atoms with Crippen LogP contribution >= 0.6 is 0 Å². The van der Waals surface area contributed by atoms with E-state index in [-0.39, 0.29) is 25.1 Å². The van der Waals surface area contributed by atoms with Crippen LogP contribution in [0.25, 0.3) is 10.9 Å². The van der Waals surface area contributed by atoms with Crippen LogP contribution in [-0.2, 0) is 20.9 Å². The van der Waals surface area contributed by atoms with E-state index in [0.29, 0.717) is 6.54 Å². The van der Waals surface area contributed by atoms with Crippen LogP contribution in [0.3, 0.4) is 0 Å². The van der Waals surface area contributed by atoms with Crippen molar-refractivity contribution in [2.24, 2.45) is 0 Å². The number of carboxylic acids is 1. The molecule has 3 rings (SSSR count). The van der Waals surface area contributed by atoms with Gasteiger partial charge in [0.25, 0.3) is 0 Å². The number of carbonyl (C=O) groups excluding carboxylic acids is 1. The number of hydrogen-bond donors (Lipinski definition) is 1. The van der Waals surface area contributed by atoms with Crippen LogP contribution in [0.2, 0.25) is 0 Å². The highest BCUT2D eigenvalue weighted by atomic mass is 16.5. The molecule has 2 heterocycles. The molecule has 1 saturated heterocycles. The van der Waals surface area contributed by atoms with Crippen molar-refractivity contribution in [1.82, 2.24) is 9.47 Å². The molecule has 6 heteroatoms. The van der Waals surface area contributed by atoms with Crippen LogP contribution in [0.4, 0.5) is 0 Å². The lowest BCUT2D eigenvalue weighted by molar-refractivity contribution is -0.166. The van der Waals surface area contributed by atoms with Gasteiger partial charge in [-0.05, 0) is 31.4 Å². The number of morpholine rings is 1. The number of aryl methyl sites for hydroxylation is 1. The lowest BCUT2D eigenvalue weighted by atomic mass is 10.2. The first kappa shape index (κ1) is 15.6. The molecule has 0 aliphatic carbocycles. The van der Waals surface area contributed by atoms with E-state index in [4.69, 9.17) is 9.84 Å². The van der Waals surface area contributed by atoms with Crippen molar-refractivity contribution >= 4 is 22.8 Å². The topological polar surface area (TPSA) is 71.8 Å². The molecule has 0 radical (unpaired) electrons. The summed E-state index contributed by atoms with van der Waals surface area (Å²) >= 11 is 0. The van der Waals surface area contributed by atoms with Gasteiger partial charge in [-0.1, -0.05) is 18.2 Å². The molecular formula is C17H20N2O4. The summed E-state index contributed by atoms with van der Waals surface area (Å²) in [6.07, 6.45) is -1.23. The largest absolute Gasteiger partial charge is 0.479 e. The Morgan fingerprint density at radius 3 is 2.78 bits per heavy atom. The van der Waals surface area contributed by atoms with Crippen molar-refractivity contribution in [3.63, 3.8) is 0 Å². The molecule has 0 spiro atoms. The average Bonchev–Trinajstić information content (AvgIpc) is 2.82. The SMILES string of the molecule is Cc1cc2ccccc2n1CC(=O)N1CC(C(=O)O)O[C@H](C)C1. The number of aromatic nitrogens is 1. The summed E-state index contributed by atoms with van der Waals surface area (Å²) in [6, 6.07) is 9.96. The Kier molecular flexibility index (Phi) is 4.09. The third-order valence-electron chi connectivity index (χ3n) is 4.20. The fourth-order valence-electron chi connectivity index (χ4n) is 3.08. The average molecular weight is 316 g/mol. The first-order chi connectivity index (χ1) is 11.0. The minimum Gasteiger partial charge on any atom is -0.479 e. The summed E-state index contributed by atoms with van der Waals surface area (Å²) in [4.78, 5) is 25.4. The third kappa shape index (κ3) is 3.07. The third-order valence-corrected chi connectivity index (χ3v) is 4.20. The number of para-hydroxylation sites is 1. The number of fused-ring (bicyclic) bond motifs is 1. The quantitative estimate of drug-likeness (QED) is 0.934. The molecule has 1 fully saturated rings. The molecule has 1 aliphatic heterocycles. The highest BCUT2D eigenvalue weighted by Crippen LogP contribution is 2.20. The minimum absolute atomic E-state index is 0.0872. The Hall–Kier alpha value is -2.34. The second kappa shape index (κ2) is 6.04. The summed E-state index contributed by atoms with van der Waals surface area (Å²) < 4.78 is 7.32. The number of rotatable bonds is 3. The maximum absolute atomic E-state index is 12.6. The van der Waals surface area contributed by atoms with Gasteiger partial charge in [0.05, 0.1) is 12.6 Å². The van der Waals surface area contributed by atoms with Gasteiger partial charge < -0.3 is 19.3 Å². The molecule has 6 nitrogen and oxygen atoms in total. The van der Waals surface area contributed by atoms with Gasteiger partial charge in [-0.2, -0.15) is 0 Å². The van der Waals surface area contributed by atoms with Crippen molar-refractivity contribution < 1.29 is 19.4 Å². The molecule has 1 aromatic heterocycles. The van der Waals surface area contributed by atoms with Crippen molar-refractivity contribution in [3.05, 3.63) is 36.0 Å². The summed E-state index contributed by atoms with van der Waals surface area (Å²) in [5, 5.41) is 10.2. The normalized spacial score (nSPS) is 21.6. The fourth-order valence-corrected chi connectivity index (χ4v) is 3.08. The molecule has 1 unspecified atom stereocenters. The van der Waals surface area contributed by atoms with E-state index in [1.807, 2.05) is 41.8 Å². The van der Waals surface area contributed by atoms with Gasteiger partial charge in [-0.3, -0.25) is 4.79 Å². The second-order valence-electron chi connectivity index (χ2n) is 6.00. The van der Waals surface area contributed by atoms with E-state index in [2.05, 4.69) is 0 Å². The van der Waals surface area contributed by atoms with Crippen molar-refractivity contribution in [2.75, 3.05) is 13.1 Å². The van der Waals surface area contributed by atoms with Crippen molar-refractivity contribution in [1.29, 1.82) is 0 Å². The van der Waals surface area contributed by atoms with Gasteiger partial charge in [0.2, 0.25) is 5.91 Å². The number of nitrogens with zero attached hydrogens (tertiary/aromatic N) is 2. The molecule has 1 aromatic carbocycles. The van der Waals surface area contributed by atoms with Crippen LogP contribution < -0.4 is 0 Å². The van der Waals surface area contributed by atoms with Crippen molar-refractivity contribution in [3.8, 4) is 0 Å². The fraction of sp³-hybridized carbons (Fsp3) is 0.412. The highest BCUT2D eigenvalue weighted by Gasteiger charge is 2.32. The molecule has 122 valence electrons. The van der Waals surface area contributed by atoms with E-state index in [9.17, 15) is 9.59 Å². The monoisotopic (exact) mass is 316 g/mol. The smallest absolute Gasteiger partial charge is 0.334 e. The zero-order chi connectivity index (χ0) is 16.6. The molecule has 2 aromatic rings. The lowest BCUT2D eigenvalue weighted by Crippen LogP contribution is -2.52. The zero-order valence-corrected chi connectivity index (χ0v) is 13.2. The maximum atomic E-state index is 12.6. The zero-order valence-electron chi connectivity index (χ0n) is 13.2. The molecule has 2 atom stereocenters. The summed E-state index contributed by atoms with van der Waals surface area (Å²) in [5.41, 5.74) is 2.02. The Labute approximate surface area is 134 Å². The minimum atomic E-state index is -1.03. The molecule has 0 bridgehead atoms. The van der Waals surface area contributed by atoms with Gasteiger partial charge in [-0.25, -0.2) is 4.79 Å². The molecular weight excluding hydrogens is 296 g/mol. The number of carbonyl (C=O) groups is 2. The molecule has 23 heavy (non-hydrogen) atoms. The van der Waals surface area contributed by atoms with Crippen LogP contribution in [-0.4, -0.2) is 51.7 Å². The summed E-state index contributed by atoms with van der Waals surface area (Å²) in [6.45, 7) is 4.47. The van der Waals surface area contributed by atoms with Gasteiger partial charge in [0.15, 0.2) is 6.10 Å². The lowest BCUT2D eigenvalue weighted by Gasteiger charge is -2.35. The predicted octanol–water partition coefficient (Wildman–Crippen LogP) is 1.65. The Morgan fingerprint density at radius 2 is 2.04 bits per heavy atom. The number of ether oxygens (including phenoxy) is 1. The van der Waals surface area contributed by atoms with E-state index < -0.39 is 12.1 Å². The van der Waals surface area contributed by atoms with Crippen LogP contribution in [0.1, 0.15) is 12.6 Å². The number of amides is 1. The van der Waals surface area contributed by atoms with Crippen molar-refractivity contribution in [2.45, 2.75) is 32.6 Å². The first-order valence-corrected chi connectivity index (χ1v) is 7.66. The van der Waals surface area contributed by atoms with E-state index in [1.165, 1.54) is 0 Å². The Bertz CT molecular complexity index is 752. The number of aliphatic carboxylic acids is 1. The van der Waals surface area contributed by atoms with Gasteiger partial charge in [0, 0.05) is 17.8 Å². The van der Waals surface area contributed by atoms with Crippen LogP contribution in [0, 0.1) is 6.92 Å². The number of hydrogen-bond acceptors (Lipinski definition) is 3. The molecule has 1 aliphatic rings. The maximum Gasteiger partial charge on any atom is 0.334 e. The molecule has 1 N–H and O–H groups in total. The van der Waals surface area contributed by atoms with E-state index >= 15 is 0 Å². The molecule has 0 saturated carbocycles. The van der Waals surface area contributed by atoms with Gasteiger partial charge >= 0.3 is 5.97 Å². The van der Waals surface area contributed by atoms with Crippen LogP contribution in [0.5, 0.6) is 0 Å². The van der Waals surface area contributed by atoms with E-state index in [0.717, 1.165) is 16.6 Å². The Morgan fingerprint density at radius 1 is 1.30 bits per heavy atom.